The standard InChI is InChI=1S/C13H24O2S/c1-4-11-5-7-12(8-6-11)16-10(2)9-13(14)15-3/h10-12H,4-9H2,1-3H3. The van der Waals surface area contributed by atoms with E-state index in [1.54, 1.807) is 0 Å². The normalized spacial score (nSPS) is 27.4. The first-order chi connectivity index (χ1) is 7.65. The summed E-state index contributed by atoms with van der Waals surface area (Å²) >= 11 is 1.98. The van der Waals surface area contributed by atoms with Gasteiger partial charge in [-0.2, -0.15) is 11.8 Å². The second kappa shape index (κ2) is 7.21. The van der Waals surface area contributed by atoms with Crippen LogP contribution < -0.4 is 0 Å². The highest BCUT2D eigenvalue weighted by molar-refractivity contribution is 8.00. The van der Waals surface area contributed by atoms with Crippen molar-refractivity contribution in [1.29, 1.82) is 0 Å². The summed E-state index contributed by atoms with van der Waals surface area (Å²) in [4.78, 5) is 11.1. The average Bonchev–Trinajstić information content (AvgIpc) is 2.29. The van der Waals surface area contributed by atoms with E-state index >= 15 is 0 Å². The number of methoxy groups -OCH3 is 1. The van der Waals surface area contributed by atoms with Crippen LogP contribution >= 0.6 is 11.8 Å². The third kappa shape index (κ3) is 4.77. The van der Waals surface area contributed by atoms with Crippen LogP contribution in [0.15, 0.2) is 0 Å². The molecule has 2 nitrogen and oxygen atoms in total. The molecule has 1 aliphatic carbocycles. The molecule has 0 aromatic carbocycles. The molecule has 1 atom stereocenters. The van der Waals surface area contributed by atoms with Gasteiger partial charge < -0.3 is 4.74 Å². The van der Waals surface area contributed by atoms with Crippen molar-refractivity contribution in [2.24, 2.45) is 5.92 Å². The Hall–Kier alpha value is -0.180. The molecule has 0 N–H and O–H groups in total. The number of carbonyl (C=O) groups excluding carboxylic acids is 1. The molecule has 0 aromatic rings. The summed E-state index contributed by atoms with van der Waals surface area (Å²) < 4.78 is 4.69. The molecule has 0 bridgehead atoms. The van der Waals surface area contributed by atoms with Crippen LogP contribution in [0, 0.1) is 5.92 Å². The molecular formula is C13H24O2S. The fourth-order valence-corrected chi connectivity index (χ4v) is 3.80. The van der Waals surface area contributed by atoms with E-state index in [1.807, 2.05) is 11.8 Å². The Morgan fingerprint density at radius 1 is 1.38 bits per heavy atom. The Balaban J connectivity index is 2.20. The molecule has 0 aromatic heterocycles. The number of rotatable bonds is 5. The number of carbonyl (C=O) groups is 1. The zero-order chi connectivity index (χ0) is 12.0. The van der Waals surface area contributed by atoms with E-state index in [1.165, 1.54) is 39.2 Å². The van der Waals surface area contributed by atoms with Crippen molar-refractivity contribution in [3.05, 3.63) is 0 Å². The van der Waals surface area contributed by atoms with Crippen molar-refractivity contribution in [3.63, 3.8) is 0 Å². The molecule has 1 unspecified atom stereocenters. The summed E-state index contributed by atoms with van der Waals surface area (Å²) in [5.41, 5.74) is 0. The number of thioether (sulfide) groups is 1. The summed E-state index contributed by atoms with van der Waals surface area (Å²) in [7, 11) is 1.46. The van der Waals surface area contributed by atoms with Gasteiger partial charge in [-0.05, 0) is 31.6 Å². The zero-order valence-corrected chi connectivity index (χ0v) is 11.5. The molecule has 0 heterocycles. The molecule has 3 heteroatoms. The molecule has 1 rings (SSSR count). The lowest BCUT2D eigenvalue weighted by molar-refractivity contribution is -0.140. The number of esters is 1. The lowest BCUT2D eigenvalue weighted by atomic mass is 9.87. The molecule has 0 spiro atoms. The van der Waals surface area contributed by atoms with Crippen LogP contribution in [0.2, 0.25) is 0 Å². The van der Waals surface area contributed by atoms with Gasteiger partial charge in [-0.15, -0.1) is 0 Å². The van der Waals surface area contributed by atoms with Gasteiger partial charge in [-0.3, -0.25) is 4.79 Å². The Morgan fingerprint density at radius 2 is 2.00 bits per heavy atom. The Labute approximate surface area is 104 Å². The van der Waals surface area contributed by atoms with E-state index in [0.29, 0.717) is 11.7 Å². The predicted molar refractivity (Wildman–Crippen MR) is 69.7 cm³/mol. The molecule has 1 saturated carbocycles. The van der Waals surface area contributed by atoms with E-state index in [9.17, 15) is 4.79 Å². The molecule has 0 aliphatic heterocycles. The quantitative estimate of drug-likeness (QED) is 0.691. The molecule has 0 amide bonds. The van der Waals surface area contributed by atoms with Crippen molar-refractivity contribution >= 4 is 17.7 Å². The van der Waals surface area contributed by atoms with Gasteiger partial charge in [0.25, 0.3) is 0 Å². The third-order valence-electron chi connectivity index (χ3n) is 3.48. The maximum Gasteiger partial charge on any atom is 0.306 e. The Morgan fingerprint density at radius 3 is 2.50 bits per heavy atom. The minimum atomic E-state index is -0.0813. The Kier molecular flexibility index (Phi) is 6.25. The van der Waals surface area contributed by atoms with E-state index in [0.717, 1.165) is 11.2 Å². The van der Waals surface area contributed by atoms with Crippen LogP contribution in [-0.2, 0) is 9.53 Å². The molecular weight excluding hydrogens is 220 g/mol. The smallest absolute Gasteiger partial charge is 0.306 e. The van der Waals surface area contributed by atoms with Gasteiger partial charge in [0, 0.05) is 10.5 Å². The van der Waals surface area contributed by atoms with Crippen molar-refractivity contribution in [3.8, 4) is 0 Å². The number of ether oxygens (including phenoxy) is 1. The van der Waals surface area contributed by atoms with Crippen LogP contribution in [-0.4, -0.2) is 23.6 Å². The summed E-state index contributed by atoms with van der Waals surface area (Å²) in [6, 6.07) is 0. The molecule has 94 valence electrons. The second-order valence-corrected chi connectivity index (χ2v) is 6.52. The highest BCUT2D eigenvalue weighted by Gasteiger charge is 2.22. The predicted octanol–water partition coefficient (Wildman–Crippen LogP) is 3.64. The fraction of sp³-hybridized carbons (Fsp3) is 0.923. The fourth-order valence-electron chi connectivity index (χ4n) is 2.37. The van der Waals surface area contributed by atoms with Gasteiger partial charge in [0.1, 0.15) is 0 Å². The first kappa shape index (κ1) is 13.9. The summed E-state index contributed by atoms with van der Waals surface area (Å²) in [5, 5.41) is 1.16. The third-order valence-corrected chi connectivity index (χ3v) is 4.97. The van der Waals surface area contributed by atoms with Crippen LogP contribution in [0.1, 0.15) is 52.4 Å². The number of hydrogen-bond acceptors (Lipinski definition) is 3. The second-order valence-electron chi connectivity index (χ2n) is 4.78. The highest BCUT2D eigenvalue weighted by Crippen LogP contribution is 2.35. The van der Waals surface area contributed by atoms with Gasteiger partial charge >= 0.3 is 5.97 Å². The van der Waals surface area contributed by atoms with Gasteiger partial charge in [0.05, 0.1) is 13.5 Å². The van der Waals surface area contributed by atoms with E-state index in [4.69, 9.17) is 4.74 Å². The summed E-state index contributed by atoms with van der Waals surface area (Å²) in [6.45, 7) is 4.42. The van der Waals surface area contributed by atoms with Crippen molar-refractivity contribution in [2.45, 2.75) is 62.9 Å². The minimum absolute atomic E-state index is 0.0813. The minimum Gasteiger partial charge on any atom is -0.469 e. The summed E-state index contributed by atoms with van der Waals surface area (Å²) in [5.74, 6) is 0.870. The zero-order valence-electron chi connectivity index (χ0n) is 10.7. The molecule has 1 aliphatic rings. The van der Waals surface area contributed by atoms with E-state index in [2.05, 4.69) is 13.8 Å². The van der Waals surface area contributed by atoms with E-state index in [-0.39, 0.29) is 5.97 Å². The van der Waals surface area contributed by atoms with Crippen LogP contribution in [0.4, 0.5) is 0 Å². The number of hydrogen-bond donors (Lipinski definition) is 0. The first-order valence-electron chi connectivity index (χ1n) is 6.38. The molecule has 1 fully saturated rings. The van der Waals surface area contributed by atoms with Crippen molar-refractivity contribution < 1.29 is 9.53 Å². The van der Waals surface area contributed by atoms with E-state index < -0.39 is 0 Å². The molecule has 0 saturated heterocycles. The molecule has 0 radical (unpaired) electrons. The summed E-state index contributed by atoms with van der Waals surface area (Å²) in [6.07, 6.45) is 7.28. The van der Waals surface area contributed by atoms with Crippen molar-refractivity contribution in [2.75, 3.05) is 7.11 Å². The van der Waals surface area contributed by atoms with Gasteiger partial charge in [-0.25, -0.2) is 0 Å². The highest BCUT2D eigenvalue weighted by atomic mass is 32.2. The first-order valence-corrected chi connectivity index (χ1v) is 7.32. The Bertz CT molecular complexity index is 210. The van der Waals surface area contributed by atoms with Gasteiger partial charge in [0.15, 0.2) is 0 Å². The topological polar surface area (TPSA) is 26.3 Å². The molecule has 16 heavy (non-hydrogen) atoms. The lowest BCUT2D eigenvalue weighted by Crippen LogP contribution is -2.19. The van der Waals surface area contributed by atoms with Crippen LogP contribution in [0.5, 0.6) is 0 Å². The lowest BCUT2D eigenvalue weighted by Gasteiger charge is -2.28. The van der Waals surface area contributed by atoms with Gasteiger partial charge in [0.2, 0.25) is 0 Å². The maximum atomic E-state index is 11.1. The SMILES string of the molecule is CCC1CCC(SC(C)CC(=O)OC)CC1. The van der Waals surface area contributed by atoms with Crippen LogP contribution in [0.25, 0.3) is 0 Å². The van der Waals surface area contributed by atoms with Crippen molar-refractivity contribution in [1.82, 2.24) is 0 Å². The van der Waals surface area contributed by atoms with Crippen LogP contribution in [0.3, 0.4) is 0 Å². The average molecular weight is 244 g/mol. The largest absolute Gasteiger partial charge is 0.469 e. The van der Waals surface area contributed by atoms with Gasteiger partial charge in [-0.1, -0.05) is 20.3 Å². The monoisotopic (exact) mass is 244 g/mol. The maximum absolute atomic E-state index is 11.1.